The minimum Gasteiger partial charge on any atom is -0.337 e. The minimum absolute atomic E-state index is 0.0642. The van der Waals surface area contributed by atoms with E-state index in [2.05, 4.69) is 35.3 Å². The summed E-state index contributed by atoms with van der Waals surface area (Å²) in [5, 5.41) is 0. The molecule has 0 aromatic carbocycles. The lowest BCUT2D eigenvalue weighted by molar-refractivity contribution is -0.127. The van der Waals surface area contributed by atoms with E-state index < -0.39 is 5.83 Å². The average Bonchev–Trinajstić information content (AvgIpc) is 2.43. The van der Waals surface area contributed by atoms with Gasteiger partial charge < -0.3 is 4.90 Å². The third kappa shape index (κ3) is 3.91. The van der Waals surface area contributed by atoms with Crippen LogP contribution in [0.3, 0.4) is 0 Å². The molecule has 1 aliphatic heterocycles. The Kier molecular flexibility index (Phi) is 6.24. The van der Waals surface area contributed by atoms with Gasteiger partial charge in [-0.25, -0.2) is 8.79 Å². The predicted octanol–water partition coefficient (Wildman–Crippen LogP) is 1.86. The summed E-state index contributed by atoms with van der Waals surface area (Å²) in [7, 11) is 0. The van der Waals surface area contributed by atoms with Crippen LogP contribution in [0, 0.1) is 0 Å². The number of amides is 1. The van der Waals surface area contributed by atoms with E-state index in [0.29, 0.717) is 26.2 Å². The van der Waals surface area contributed by atoms with Gasteiger partial charge in [-0.15, -0.1) is 0 Å². The van der Waals surface area contributed by atoms with E-state index in [9.17, 15) is 9.18 Å². The largest absolute Gasteiger partial charge is 0.337 e. The number of halogens is 1. The van der Waals surface area contributed by atoms with Crippen LogP contribution in [0.4, 0.5) is 4.39 Å². The summed E-state index contributed by atoms with van der Waals surface area (Å²) in [5.74, 6) is -0.614. The quantitative estimate of drug-likeness (QED) is 0.475. The van der Waals surface area contributed by atoms with Gasteiger partial charge in [0.05, 0.1) is 6.04 Å². The maximum atomic E-state index is 13.3. The van der Waals surface area contributed by atoms with Crippen LogP contribution in [0.15, 0.2) is 29.5 Å². The number of nitrogens with zero attached hydrogens (tertiary/aromatic N) is 3. The topological polar surface area (TPSA) is 35.9 Å². The van der Waals surface area contributed by atoms with Crippen LogP contribution in [0.1, 0.15) is 13.3 Å². The van der Waals surface area contributed by atoms with Crippen LogP contribution >= 0.6 is 12.8 Å². The molecule has 1 fully saturated rings. The van der Waals surface area contributed by atoms with Crippen molar-refractivity contribution in [2.75, 3.05) is 26.2 Å². The molecule has 0 N–H and O–H groups in total. The molecule has 0 bridgehead atoms. The van der Waals surface area contributed by atoms with Crippen molar-refractivity contribution < 1.29 is 9.18 Å². The van der Waals surface area contributed by atoms with E-state index in [-0.39, 0.29) is 17.7 Å². The summed E-state index contributed by atoms with van der Waals surface area (Å²) in [5.41, 5.74) is 0.273. The Morgan fingerprint density at radius 3 is 2.42 bits per heavy atom. The molecule has 0 radical (unpaired) electrons. The van der Waals surface area contributed by atoms with Gasteiger partial charge in [0.15, 0.2) is 0 Å². The molecule has 4 nitrogen and oxygen atoms in total. The van der Waals surface area contributed by atoms with Gasteiger partial charge in [0, 0.05) is 26.2 Å². The monoisotopic (exact) mass is 285 g/mol. The van der Waals surface area contributed by atoms with E-state index >= 15 is 0 Å². The maximum Gasteiger partial charge on any atom is 0.246 e. The van der Waals surface area contributed by atoms with E-state index in [1.165, 1.54) is 6.08 Å². The van der Waals surface area contributed by atoms with Gasteiger partial charge in [-0.05, 0) is 25.3 Å². The molecular formula is C13H20FN3OS. The normalized spacial score (nSPS) is 19.1. The van der Waals surface area contributed by atoms with Crippen LogP contribution < -0.4 is 0 Å². The standard InChI is InChI=1S/C13H20FN3OS/c1-4-11(13(15-19)10(3)14)16-6-8-17(9-7-16)12(18)5-2/h5,11,19H,2-4,6-9H2,1H3. The van der Waals surface area contributed by atoms with Gasteiger partial charge in [-0.2, -0.15) is 0 Å². The van der Waals surface area contributed by atoms with Crippen LogP contribution in [-0.2, 0) is 4.79 Å². The van der Waals surface area contributed by atoms with Crippen molar-refractivity contribution in [1.82, 2.24) is 9.80 Å². The van der Waals surface area contributed by atoms with Crippen molar-refractivity contribution in [2.45, 2.75) is 19.4 Å². The fourth-order valence-electron chi connectivity index (χ4n) is 2.31. The van der Waals surface area contributed by atoms with Gasteiger partial charge in [0.25, 0.3) is 0 Å². The average molecular weight is 285 g/mol. The number of carbonyl (C=O) groups is 1. The zero-order valence-electron chi connectivity index (χ0n) is 11.2. The highest BCUT2D eigenvalue weighted by Crippen LogP contribution is 2.16. The Morgan fingerprint density at radius 2 is 2.05 bits per heavy atom. The second-order valence-corrected chi connectivity index (χ2v) is 4.58. The summed E-state index contributed by atoms with van der Waals surface area (Å²) in [6.45, 7) is 11.3. The fourth-order valence-corrected chi connectivity index (χ4v) is 2.55. The zero-order chi connectivity index (χ0) is 14.4. The SMILES string of the molecule is C=CC(=O)N1CCN(C(CC)C(=NS)C(=C)F)CC1. The molecular weight excluding hydrogens is 265 g/mol. The van der Waals surface area contributed by atoms with Crippen molar-refractivity contribution in [3.05, 3.63) is 25.1 Å². The number of hydrogen-bond donors (Lipinski definition) is 1. The van der Waals surface area contributed by atoms with E-state index in [1.54, 1.807) is 4.90 Å². The summed E-state index contributed by atoms with van der Waals surface area (Å²) in [6.07, 6.45) is 2.04. The zero-order valence-corrected chi connectivity index (χ0v) is 12.1. The maximum absolute atomic E-state index is 13.3. The molecule has 19 heavy (non-hydrogen) atoms. The van der Waals surface area contributed by atoms with Gasteiger partial charge >= 0.3 is 0 Å². The second-order valence-electron chi connectivity index (χ2n) is 4.38. The molecule has 0 spiro atoms. The highest BCUT2D eigenvalue weighted by molar-refractivity contribution is 7.79. The molecule has 0 aliphatic carbocycles. The summed E-state index contributed by atoms with van der Waals surface area (Å²) in [6, 6.07) is -0.143. The molecule has 0 aromatic heterocycles. The van der Waals surface area contributed by atoms with Gasteiger partial charge in [0.2, 0.25) is 5.91 Å². The van der Waals surface area contributed by atoms with Gasteiger partial charge in [-0.1, -0.05) is 20.1 Å². The molecule has 1 heterocycles. The lowest BCUT2D eigenvalue weighted by Crippen LogP contribution is -2.53. The Bertz CT molecular complexity index is 389. The first-order chi connectivity index (χ1) is 9.04. The van der Waals surface area contributed by atoms with Crippen LogP contribution in [0.25, 0.3) is 0 Å². The predicted molar refractivity (Wildman–Crippen MR) is 79.1 cm³/mol. The summed E-state index contributed by atoms with van der Waals surface area (Å²) >= 11 is 3.82. The molecule has 1 atom stereocenters. The molecule has 0 saturated carbocycles. The van der Waals surface area contributed by atoms with Crippen molar-refractivity contribution >= 4 is 24.4 Å². The van der Waals surface area contributed by atoms with Crippen molar-refractivity contribution in [3.8, 4) is 0 Å². The van der Waals surface area contributed by atoms with Crippen molar-refractivity contribution in [2.24, 2.45) is 4.40 Å². The van der Waals surface area contributed by atoms with Crippen LogP contribution in [0.2, 0.25) is 0 Å². The molecule has 1 saturated heterocycles. The lowest BCUT2D eigenvalue weighted by atomic mass is 10.1. The third-order valence-electron chi connectivity index (χ3n) is 3.33. The van der Waals surface area contributed by atoms with E-state index in [0.717, 1.165) is 6.42 Å². The second kappa shape index (κ2) is 7.45. The first-order valence-corrected chi connectivity index (χ1v) is 6.67. The molecule has 6 heteroatoms. The van der Waals surface area contributed by atoms with Gasteiger partial charge in [-0.3, -0.25) is 9.69 Å². The number of rotatable bonds is 5. The minimum atomic E-state index is -0.550. The Labute approximate surface area is 119 Å². The summed E-state index contributed by atoms with van der Waals surface area (Å²) in [4.78, 5) is 15.3. The summed E-state index contributed by atoms with van der Waals surface area (Å²) < 4.78 is 17.0. The first kappa shape index (κ1) is 15.9. The smallest absolute Gasteiger partial charge is 0.246 e. The number of carbonyl (C=O) groups excluding carboxylic acids is 1. The molecule has 106 valence electrons. The first-order valence-electron chi connectivity index (χ1n) is 6.27. The molecule has 1 rings (SSSR count). The van der Waals surface area contributed by atoms with Crippen molar-refractivity contribution in [1.29, 1.82) is 0 Å². The van der Waals surface area contributed by atoms with Gasteiger partial charge in [0.1, 0.15) is 11.5 Å². The fraction of sp³-hybridized carbons (Fsp3) is 0.538. The van der Waals surface area contributed by atoms with E-state index in [1.807, 2.05) is 6.92 Å². The van der Waals surface area contributed by atoms with Crippen LogP contribution in [0.5, 0.6) is 0 Å². The number of hydrogen-bond acceptors (Lipinski definition) is 4. The molecule has 0 aromatic rings. The van der Waals surface area contributed by atoms with Crippen LogP contribution in [-0.4, -0.2) is 53.6 Å². The highest BCUT2D eigenvalue weighted by atomic mass is 32.1. The number of piperazine rings is 1. The molecule has 1 aliphatic rings. The number of thiol groups is 1. The molecule has 1 unspecified atom stereocenters. The third-order valence-corrected chi connectivity index (χ3v) is 3.54. The Morgan fingerprint density at radius 1 is 1.47 bits per heavy atom. The van der Waals surface area contributed by atoms with E-state index in [4.69, 9.17) is 0 Å². The lowest BCUT2D eigenvalue weighted by Gasteiger charge is -2.38. The molecule has 1 amide bonds. The highest BCUT2D eigenvalue weighted by Gasteiger charge is 2.28. The van der Waals surface area contributed by atoms with Crippen molar-refractivity contribution in [3.63, 3.8) is 0 Å². The Hall–Kier alpha value is -1.14. The Balaban J connectivity index is 2.69.